The molecule has 0 bridgehead atoms. The van der Waals surface area contributed by atoms with Gasteiger partial charge in [0.15, 0.2) is 0 Å². The molecule has 2 N–H and O–H groups in total. The van der Waals surface area contributed by atoms with E-state index >= 15 is 0 Å². The zero-order valence-electron chi connectivity index (χ0n) is 12.6. The summed E-state index contributed by atoms with van der Waals surface area (Å²) in [6.45, 7) is 0. The molecular formula is C16H13N5O2S. The number of benzene rings is 1. The molecule has 1 aromatic carbocycles. The molecule has 3 heterocycles. The Morgan fingerprint density at radius 2 is 2.12 bits per heavy atom. The van der Waals surface area contributed by atoms with Crippen LogP contribution in [0.25, 0.3) is 22.1 Å². The predicted molar refractivity (Wildman–Crippen MR) is 90.1 cm³/mol. The van der Waals surface area contributed by atoms with E-state index in [9.17, 15) is 4.79 Å². The van der Waals surface area contributed by atoms with E-state index < -0.39 is 0 Å². The molecule has 0 atom stereocenters. The summed E-state index contributed by atoms with van der Waals surface area (Å²) < 4.78 is 5.59. The lowest BCUT2D eigenvalue weighted by atomic mass is 10.2. The fourth-order valence-electron chi connectivity index (χ4n) is 2.71. The van der Waals surface area contributed by atoms with Crippen molar-refractivity contribution in [3.63, 3.8) is 0 Å². The minimum Gasteiger partial charge on any atom is -0.449 e. The number of hydrogen-bond acceptors (Lipinski definition) is 6. The Labute approximate surface area is 139 Å². The third-order valence-corrected chi connectivity index (χ3v) is 4.92. The van der Waals surface area contributed by atoms with Gasteiger partial charge < -0.3 is 9.40 Å². The van der Waals surface area contributed by atoms with Crippen LogP contribution in [0.4, 0.5) is 0 Å². The Hall–Kier alpha value is -2.61. The molecule has 0 radical (unpaired) electrons. The molecule has 24 heavy (non-hydrogen) atoms. The number of hydrogen-bond donors (Lipinski definition) is 2. The summed E-state index contributed by atoms with van der Waals surface area (Å²) >= 11 is 1.45. The molecule has 8 heteroatoms. The van der Waals surface area contributed by atoms with Crippen molar-refractivity contribution in [2.75, 3.05) is 0 Å². The molecule has 4 aromatic rings. The summed E-state index contributed by atoms with van der Waals surface area (Å²) in [6.07, 6.45) is 2.36. The molecule has 0 aliphatic heterocycles. The lowest BCUT2D eigenvalue weighted by molar-refractivity contribution is 0.660. The number of rotatable bonds is 4. The molecule has 1 aliphatic rings. The van der Waals surface area contributed by atoms with E-state index in [4.69, 9.17) is 4.42 Å². The van der Waals surface area contributed by atoms with Crippen molar-refractivity contribution in [3.8, 4) is 0 Å². The largest absolute Gasteiger partial charge is 0.449 e. The van der Waals surface area contributed by atoms with Crippen LogP contribution in [0.5, 0.6) is 0 Å². The zero-order chi connectivity index (χ0) is 16.1. The van der Waals surface area contributed by atoms with Gasteiger partial charge in [-0.15, -0.1) is 5.10 Å². The lowest BCUT2D eigenvalue weighted by Gasteiger charge is -1.98. The van der Waals surface area contributed by atoms with E-state index in [0.717, 1.165) is 11.2 Å². The minimum absolute atomic E-state index is 0.263. The van der Waals surface area contributed by atoms with E-state index in [2.05, 4.69) is 25.1 Å². The number of fused-ring (bicyclic) bond motifs is 3. The van der Waals surface area contributed by atoms with Crippen molar-refractivity contribution in [1.82, 2.24) is 25.1 Å². The molecule has 0 amide bonds. The number of furan rings is 1. The van der Waals surface area contributed by atoms with Gasteiger partial charge in [0, 0.05) is 11.3 Å². The van der Waals surface area contributed by atoms with Crippen LogP contribution in [0.1, 0.15) is 30.4 Å². The highest BCUT2D eigenvalue weighted by atomic mass is 32.2. The standard InChI is InChI=1S/C16H13N5O2S/c22-15-13-12(9-3-1-2-4-10(9)23-13)17-11(18-15)7-24-16-19-14(20-21-16)8-5-6-8/h1-4,8H,5-7H2,(H,17,18,22)(H,19,20,21). The zero-order valence-corrected chi connectivity index (χ0v) is 13.4. The molecule has 0 saturated heterocycles. The Balaban J connectivity index is 1.47. The molecule has 1 saturated carbocycles. The molecule has 1 fully saturated rings. The Kier molecular flexibility index (Phi) is 2.99. The van der Waals surface area contributed by atoms with Crippen LogP contribution in [-0.2, 0) is 5.75 Å². The molecule has 0 unspecified atom stereocenters. The number of para-hydroxylation sites is 1. The van der Waals surface area contributed by atoms with Crippen molar-refractivity contribution in [2.24, 2.45) is 0 Å². The first-order valence-electron chi connectivity index (χ1n) is 7.73. The average molecular weight is 339 g/mol. The quantitative estimate of drug-likeness (QED) is 0.554. The van der Waals surface area contributed by atoms with Gasteiger partial charge in [0.25, 0.3) is 5.56 Å². The second-order valence-electron chi connectivity index (χ2n) is 5.85. The van der Waals surface area contributed by atoms with E-state index in [1.54, 1.807) is 0 Å². The summed E-state index contributed by atoms with van der Waals surface area (Å²) in [7, 11) is 0. The van der Waals surface area contributed by atoms with Crippen molar-refractivity contribution < 1.29 is 4.42 Å². The van der Waals surface area contributed by atoms with Gasteiger partial charge in [-0.1, -0.05) is 23.9 Å². The fraction of sp³-hybridized carbons (Fsp3) is 0.250. The summed E-state index contributed by atoms with van der Waals surface area (Å²) in [4.78, 5) is 24.1. The van der Waals surface area contributed by atoms with Gasteiger partial charge in [0.1, 0.15) is 22.7 Å². The second-order valence-corrected chi connectivity index (χ2v) is 6.80. The van der Waals surface area contributed by atoms with Crippen LogP contribution in [0.2, 0.25) is 0 Å². The topological polar surface area (TPSA) is 100 Å². The smallest absolute Gasteiger partial charge is 0.294 e. The highest BCUT2D eigenvalue weighted by Gasteiger charge is 2.27. The van der Waals surface area contributed by atoms with Gasteiger partial charge in [-0.2, -0.15) is 0 Å². The summed E-state index contributed by atoms with van der Waals surface area (Å²) in [5.74, 6) is 2.57. The average Bonchev–Trinajstić information content (AvgIpc) is 3.21. The van der Waals surface area contributed by atoms with Crippen LogP contribution >= 0.6 is 11.8 Å². The van der Waals surface area contributed by atoms with Crippen molar-refractivity contribution >= 4 is 33.8 Å². The van der Waals surface area contributed by atoms with Gasteiger partial charge in [-0.3, -0.25) is 9.89 Å². The molecule has 5 rings (SSSR count). The number of nitrogens with one attached hydrogen (secondary N) is 2. The number of aromatic amines is 2. The highest BCUT2D eigenvalue weighted by molar-refractivity contribution is 7.98. The van der Waals surface area contributed by atoms with Crippen molar-refractivity contribution in [2.45, 2.75) is 29.7 Å². The number of aromatic nitrogens is 5. The summed E-state index contributed by atoms with van der Waals surface area (Å²) in [6, 6.07) is 7.51. The SMILES string of the molecule is O=c1[nH]c(CSc2n[nH]c(C3CC3)n2)nc2c1oc1ccccc12. The first kappa shape index (κ1) is 13.8. The lowest BCUT2D eigenvalue weighted by Crippen LogP contribution is -2.10. The van der Waals surface area contributed by atoms with Gasteiger partial charge in [-0.05, 0) is 25.0 Å². The van der Waals surface area contributed by atoms with Crippen LogP contribution in [0, 0.1) is 0 Å². The monoisotopic (exact) mass is 339 g/mol. The van der Waals surface area contributed by atoms with Crippen LogP contribution in [-0.4, -0.2) is 25.1 Å². The molecular weight excluding hydrogens is 326 g/mol. The maximum absolute atomic E-state index is 12.2. The van der Waals surface area contributed by atoms with E-state index in [-0.39, 0.29) is 11.1 Å². The molecule has 3 aromatic heterocycles. The molecule has 0 spiro atoms. The summed E-state index contributed by atoms with van der Waals surface area (Å²) in [5, 5.41) is 8.71. The van der Waals surface area contributed by atoms with Gasteiger partial charge in [0.05, 0.1) is 5.75 Å². The maximum atomic E-state index is 12.2. The molecule has 7 nitrogen and oxygen atoms in total. The number of thioether (sulfide) groups is 1. The van der Waals surface area contributed by atoms with E-state index in [1.807, 2.05) is 24.3 Å². The van der Waals surface area contributed by atoms with Crippen molar-refractivity contribution in [1.29, 1.82) is 0 Å². The maximum Gasteiger partial charge on any atom is 0.294 e. The second kappa shape index (κ2) is 5.20. The van der Waals surface area contributed by atoms with E-state index in [0.29, 0.717) is 33.8 Å². The number of H-pyrrole nitrogens is 2. The van der Waals surface area contributed by atoms with Gasteiger partial charge in [-0.25, -0.2) is 9.97 Å². The normalized spacial score (nSPS) is 14.7. The summed E-state index contributed by atoms with van der Waals surface area (Å²) in [5.41, 5.74) is 1.26. The predicted octanol–water partition coefficient (Wildman–Crippen LogP) is 2.96. The van der Waals surface area contributed by atoms with Gasteiger partial charge in [0.2, 0.25) is 10.7 Å². The Morgan fingerprint density at radius 3 is 3.00 bits per heavy atom. The fourth-order valence-corrected chi connectivity index (χ4v) is 3.39. The highest BCUT2D eigenvalue weighted by Crippen LogP contribution is 2.38. The molecule has 1 aliphatic carbocycles. The first-order chi connectivity index (χ1) is 11.8. The Bertz CT molecular complexity index is 1110. The minimum atomic E-state index is -0.263. The van der Waals surface area contributed by atoms with Gasteiger partial charge >= 0.3 is 0 Å². The van der Waals surface area contributed by atoms with Crippen LogP contribution in [0.3, 0.4) is 0 Å². The third-order valence-electron chi connectivity index (χ3n) is 4.06. The molecule has 120 valence electrons. The van der Waals surface area contributed by atoms with E-state index in [1.165, 1.54) is 24.6 Å². The first-order valence-corrected chi connectivity index (χ1v) is 8.72. The number of nitrogens with zero attached hydrogens (tertiary/aromatic N) is 3. The van der Waals surface area contributed by atoms with Crippen LogP contribution < -0.4 is 5.56 Å². The third kappa shape index (κ3) is 2.30. The van der Waals surface area contributed by atoms with Crippen LogP contribution in [0.15, 0.2) is 38.6 Å². The van der Waals surface area contributed by atoms with Crippen molar-refractivity contribution in [3.05, 3.63) is 46.3 Å². The Morgan fingerprint density at radius 1 is 1.25 bits per heavy atom.